The number of fused-ring (bicyclic) bond motifs is 4. The second-order valence-electron chi connectivity index (χ2n) is 5.78. The third-order valence-electron chi connectivity index (χ3n) is 4.95. The maximum atomic E-state index is 9.98. The first-order valence-electron chi connectivity index (χ1n) is 6.39. The van der Waals surface area contributed by atoms with Crippen molar-refractivity contribution < 1.29 is 5.11 Å². The fourth-order valence-electron chi connectivity index (χ4n) is 3.64. The summed E-state index contributed by atoms with van der Waals surface area (Å²) in [5, 5.41) is 14.4. The lowest BCUT2D eigenvalue weighted by atomic mass is 9.59. The van der Waals surface area contributed by atoms with Crippen LogP contribution in [0.25, 0.3) is 0 Å². The number of benzene rings is 1. The largest absolute Gasteiger partial charge is 0.505 e. The predicted molar refractivity (Wildman–Crippen MR) is 74.8 cm³/mol. The molecule has 2 bridgehead atoms. The Labute approximate surface area is 117 Å². The smallest absolute Gasteiger partial charge is 0.153 e. The molecular weight excluding hydrogens is 269 g/mol. The van der Waals surface area contributed by atoms with Crippen LogP contribution in [0.1, 0.15) is 31.4 Å². The molecule has 98 valence electrons. The van der Waals surface area contributed by atoms with Gasteiger partial charge in [0, 0.05) is 6.04 Å². The highest BCUT2D eigenvalue weighted by atomic mass is 35.5. The van der Waals surface area contributed by atoms with Crippen molar-refractivity contribution in [2.75, 3.05) is 6.54 Å². The molecule has 1 aliphatic heterocycles. The molecule has 2 nitrogen and oxygen atoms in total. The van der Waals surface area contributed by atoms with Gasteiger partial charge in [-0.3, -0.25) is 0 Å². The number of aromatic hydroxyl groups is 1. The van der Waals surface area contributed by atoms with Crippen LogP contribution in [0.15, 0.2) is 6.07 Å². The van der Waals surface area contributed by atoms with Crippen molar-refractivity contribution in [2.24, 2.45) is 5.92 Å². The summed E-state index contributed by atoms with van der Waals surface area (Å²) in [7, 11) is 0. The lowest BCUT2D eigenvalue weighted by Gasteiger charge is -2.50. The van der Waals surface area contributed by atoms with E-state index in [4.69, 9.17) is 23.2 Å². The molecule has 0 saturated carbocycles. The van der Waals surface area contributed by atoms with Crippen molar-refractivity contribution >= 4 is 23.2 Å². The quantitative estimate of drug-likeness (QED) is 0.765. The lowest BCUT2D eigenvalue weighted by Crippen LogP contribution is -2.56. The molecule has 2 N–H and O–H groups in total. The Kier molecular flexibility index (Phi) is 2.81. The highest BCUT2D eigenvalue weighted by Gasteiger charge is 2.47. The first-order valence-corrected chi connectivity index (χ1v) is 7.14. The van der Waals surface area contributed by atoms with Gasteiger partial charge in [0.25, 0.3) is 0 Å². The van der Waals surface area contributed by atoms with Crippen molar-refractivity contribution in [3.05, 3.63) is 27.2 Å². The average molecular weight is 286 g/mol. The predicted octanol–water partition coefficient (Wildman–Crippen LogP) is 3.51. The molecule has 4 heteroatoms. The Morgan fingerprint density at radius 2 is 2.17 bits per heavy atom. The minimum Gasteiger partial charge on any atom is -0.505 e. The normalized spacial score (nSPS) is 34.2. The van der Waals surface area contributed by atoms with Crippen LogP contribution in [0, 0.1) is 5.92 Å². The van der Waals surface area contributed by atoms with Gasteiger partial charge in [-0.15, -0.1) is 0 Å². The Morgan fingerprint density at radius 1 is 1.44 bits per heavy atom. The molecule has 18 heavy (non-hydrogen) atoms. The van der Waals surface area contributed by atoms with Crippen LogP contribution < -0.4 is 5.32 Å². The van der Waals surface area contributed by atoms with E-state index in [1.807, 2.05) is 6.07 Å². The third kappa shape index (κ3) is 1.52. The molecule has 0 spiro atoms. The van der Waals surface area contributed by atoms with Crippen molar-refractivity contribution in [1.29, 1.82) is 0 Å². The zero-order chi connectivity index (χ0) is 13.1. The summed E-state index contributed by atoms with van der Waals surface area (Å²) >= 11 is 12.4. The number of hydrogen-bond donors (Lipinski definition) is 2. The van der Waals surface area contributed by atoms with Crippen molar-refractivity contribution in [3.8, 4) is 5.75 Å². The maximum Gasteiger partial charge on any atom is 0.153 e. The van der Waals surface area contributed by atoms with E-state index in [1.165, 1.54) is 5.56 Å². The number of halogens is 2. The van der Waals surface area contributed by atoms with Gasteiger partial charge in [0.15, 0.2) is 5.75 Å². The van der Waals surface area contributed by atoms with Crippen LogP contribution in [0.2, 0.25) is 10.0 Å². The SMILES string of the molecule is C[C@H]1[C@H]2Cc3cc(Cl)c(O)c(Cl)c3[C@]1(C)CCN2. The minimum atomic E-state index is 0.0301. The van der Waals surface area contributed by atoms with E-state index in [9.17, 15) is 5.11 Å². The second kappa shape index (κ2) is 4.03. The number of hydrogen-bond acceptors (Lipinski definition) is 2. The van der Waals surface area contributed by atoms with Gasteiger partial charge in [-0.2, -0.15) is 0 Å². The van der Waals surface area contributed by atoms with Gasteiger partial charge in [0.05, 0.1) is 10.0 Å². The molecular formula is C14H17Cl2NO. The number of piperidine rings is 1. The molecule has 1 fully saturated rings. The van der Waals surface area contributed by atoms with E-state index in [0.29, 0.717) is 22.0 Å². The summed E-state index contributed by atoms with van der Waals surface area (Å²) < 4.78 is 0. The summed E-state index contributed by atoms with van der Waals surface area (Å²) in [5.74, 6) is 0.541. The molecule has 1 heterocycles. The van der Waals surface area contributed by atoms with Crippen molar-refractivity contribution in [2.45, 2.75) is 38.1 Å². The Morgan fingerprint density at radius 3 is 2.89 bits per heavy atom. The van der Waals surface area contributed by atoms with Crippen LogP contribution in [0.3, 0.4) is 0 Å². The Balaban J connectivity index is 2.27. The van der Waals surface area contributed by atoms with E-state index in [0.717, 1.165) is 24.9 Å². The van der Waals surface area contributed by atoms with E-state index >= 15 is 0 Å². The molecule has 3 rings (SSSR count). The maximum absolute atomic E-state index is 9.98. The lowest BCUT2D eigenvalue weighted by molar-refractivity contribution is 0.158. The van der Waals surface area contributed by atoms with Crippen molar-refractivity contribution in [1.82, 2.24) is 5.32 Å². The number of phenols is 1. The Hall–Kier alpha value is -0.440. The van der Waals surface area contributed by atoms with Gasteiger partial charge >= 0.3 is 0 Å². The molecule has 3 atom stereocenters. The monoisotopic (exact) mass is 285 g/mol. The summed E-state index contributed by atoms with van der Waals surface area (Å²) in [5.41, 5.74) is 2.32. The molecule has 1 aromatic rings. The van der Waals surface area contributed by atoms with Crippen LogP contribution in [0.4, 0.5) is 0 Å². The van der Waals surface area contributed by atoms with Gasteiger partial charge in [-0.05, 0) is 47.9 Å². The molecule has 1 aromatic carbocycles. The summed E-state index contributed by atoms with van der Waals surface area (Å²) in [6, 6.07) is 2.36. The number of rotatable bonds is 0. The molecule has 0 amide bonds. The zero-order valence-corrected chi connectivity index (χ0v) is 12.1. The first-order chi connectivity index (χ1) is 8.45. The second-order valence-corrected chi connectivity index (χ2v) is 6.56. The Bertz CT molecular complexity index is 517. The fourth-order valence-corrected chi connectivity index (χ4v) is 4.35. The van der Waals surface area contributed by atoms with E-state index < -0.39 is 0 Å². The highest BCUT2D eigenvalue weighted by Crippen LogP contribution is 2.52. The van der Waals surface area contributed by atoms with Gasteiger partial charge in [-0.1, -0.05) is 37.0 Å². The molecule has 1 aliphatic carbocycles. The van der Waals surface area contributed by atoms with E-state index in [1.54, 1.807) is 0 Å². The van der Waals surface area contributed by atoms with Crippen LogP contribution in [0.5, 0.6) is 5.75 Å². The molecule has 0 unspecified atom stereocenters. The van der Waals surface area contributed by atoms with Gasteiger partial charge in [0.2, 0.25) is 0 Å². The molecule has 0 radical (unpaired) electrons. The highest BCUT2D eigenvalue weighted by molar-refractivity contribution is 6.37. The zero-order valence-electron chi connectivity index (χ0n) is 10.6. The summed E-state index contributed by atoms with van der Waals surface area (Å²) in [4.78, 5) is 0. The van der Waals surface area contributed by atoms with Gasteiger partial charge in [-0.25, -0.2) is 0 Å². The standard InChI is InChI=1S/C14H17Cl2NO/c1-7-10-6-8-5-9(15)13(18)12(16)11(8)14(7,2)3-4-17-10/h5,7,10,17-18H,3-4,6H2,1-2H3/t7-,10+,14+/m0/s1. The van der Waals surface area contributed by atoms with Crippen LogP contribution in [-0.2, 0) is 11.8 Å². The molecule has 1 saturated heterocycles. The summed E-state index contributed by atoms with van der Waals surface area (Å²) in [6.07, 6.45) is 1.98. The van der Waals surface area contributed by atoms with Crippen LogP contribution in [-0.4, -0.2) is 17.7 Å². The van der Waals surface area contributed by atoms with E-state index in [2.05, 4.69) is 19.2 Å². The van der Waals surface area contributed by atoms with E-state index in [-0.39, 0.29) is 11.2 Å². The first kappa shape index (κ1) is 12.6. The minimum absolute atomic E-state index is 0.0301. The van der Waals surface area contributed by atoms with Gasteiger partial charge in [0.1, 0.15) is 0 Å². The molecule has 0 aromatic heterocycles. The molecule has 2 aliphatic rings. The topological polar surface area (TPSA) is 32.3 Å². The fraction of sp³-hybridized carbons (Fsp3) is 0.571. The van der Waals surface area contributed by atoms with Crippen LogP contribution >= 0.6 is 23.2 Å². The van der Waals surface area contributed by atoms with Gasteiger partial charge < -0.3 is 10.4 Å². The third-order valence-corrected chi connectivity index (χ3v) is 5.60. The summed E-state index contributed by atoms with van der Waals surface area (Å²) in [6.45, 7) is 5.52. The average Bonchev–Trinajstić information content (AvgIpc) is 2.30. The number of nitrogens with one attached hydrogen (secondary N) is 1. The van der Waals surface area contributed by atoms with Crippen molar-refractivity contribution in [3.63, 3.8) is 0 Å². The number of phenolic OH excluding ortho intramolecular Hbond substituents is 1.